The van der Waals surface area contributed by atoms with Crippen molar-refractivity contribution in [3.05, 3.63) is 24.3 Å². The van der Waals surface area contributed by atoms with Crippen molar-refractivity contribution in [1.82, 2.24) is 15.1 Å². The summed E-state index contributed by atoms with van der Waals surface area (Å²) in [7, 11) is 6.30. The second kappa shape index (κ2) is 10.4. The molecular formula is C19H33N5O. The molecule has 0 radical (unpaired) electrons. The van der Waals surface area contributed by atoms with Crippen molar-refractivity contribution in [2.24, 2.45) is 0 Å². The fourth-order valence-corrected chi connectivity index (χ4v) is 2.89. The lowest BCUT2D eigenvalue weighted by Gasteiger charge is -2.34. The third-order valence-electron chi connectivity index (χ3n) is 4.51. The van der Waals surface area contributed by atoms with Crippen LogP contribution in [-0.4, -0.2) is 82.7 Å². The topological polar surface area (TPSA) is 50.9 Å². The van der Waals surface area contributed by atoms with E-state index in [2.05, 4.69) is 58.6 Å². The smallest absolute Gasteiger partial charge is 0.225 e. The molecule has 1 amide bonds. The minimum Gasteiger partial charge on any atom is -0.369 e. The Morgan fingerprint density at radius 3 is 2.40 bits per heavy atom. The molecule has 0 spiro atoms. The molecule has 0 aromatic heterocycles. The molecule has 1 aliphatic heterocycles. The number of piperazine rings is 1. The Labute approximate surface area is 152 Å². The summed E-state index contributed by atoms with van der Waals surface area (Å²) in [6.45, 7) is 7.05. The van der Waals surface area contributed by atoms with Crippen LogP contribution in [-0.2, 0) is 4.79 Å². The quantitative estimate of drug-likeness (QED) is 0.660. The lowest BCUT2D eigenvalue weighted by atomic mass is 10.2. The molecular weight excluding hydrogens is 314 g/mol. The van der Waals surface area contributed by atoms with Crippen LogP contribution in [0.2, 0.25) is 0 Å². The molecule has 1 fully saturated rings. The van der Waals surface area contributed by atoms with Gasteiger partial charge in [-0.3, -0.25) is 4.79 Å². The van der Waals surface area contributed by atoms with Gasteiger partial charge in [-0.1, -0.05) is 0 Å². The largest absolute Gasteiger partial charge is 0.369 e. The highest BCUT2D eigenvalue weighted by Crippen LogP contribution is 2.19. The second-order valence-corrected chi connectivity index (χ2v) is 7.04. The first kappa shape index (κ1) is 19.7. The number of likely N-dealkylation sites (N-methyl/N-ethyl adjacent to an activating group) is 1. The van der Waals surface area contributed by atoms with E-state index in [0.29, 0.717) is 6.42 Å². The zero-order valence-corrected chi connectivity index (χ0v) is 15.9. The lowest BCUT2D eigenvalue weighted by molar-refractivity contribution is -0.116. The number of anilines is 2. The minimum absolute atomic E-state index is 0.0625. The van der Waals surface area contributed by atoms with Gasteiger partial charge in [0.05, 0.1) is 0 Å². The number of hydrogen-bond donors (Lipinski definition) is 2. The van der Waals surface area contributed by atoms with Gasteiger partial charge < -0.3 is 25.3 Å². The van der Waals surface area contributed by atoms with Gasteiger partial charge in [-0.2, -0.15) is 0 Å². The Bertz CT molecular complexity index is 509. The summed E-state index contributed by atoms with van der Waals surface area (Å²) in [5.74, 6) is 0.0625. The van der Waals surface area contributed by atoms with Crippen LogP contribution in [0.15, 0.2) is 24.3 Å². The maximum atomic E-state index is 12.0. The average molecular weight is 348 g/mol. The van der Waals surface area contributed by atoms with Gasteiger partial charge in [0, 0.05) is 50.5 Å². The fraction of sp³-hybridized carbons (Fsp3) is 0.632. The summed E-state index contributed by atoms with van der Waals surface area (Å²) in [6.07, 6.45) is 1.60. The first-order valence-electron chi connectivity index (χ1n) is 9.23. The van der Waals surface area contributed by atoms with Crippen LogP contribution in [0.25, 0.3) is 0 Å². The van der Waals surface area contributed by atoms with Crippen LogP contribution in [0.1, 0.15) is 12.8 Å². The maximum Gasteiger partial charge on any atom is 0.225 e. The summed E-state index contributed by atoms with van der Waals surface area (Å²) in [6, 6.07) is 8.19. The van der Waals surface area contributed by atoms with Crippen molar-refractivity contribution < 1.29 is 4.79 Å². The van der Waals surface area contributed by atoms with E-state index >= 15 is 0 Å². The van der Waals surface area contributed by atoms with E-state index in [-0.39, 0.29) is 5.91 Å². The number of carbonyl (C=O) groups excluding carboxylic acids is 1. The Morgan fingerprint density at radius 1 is 1.08 bits per heavy atom. The standard InChI is InChI=1S/C19H33N5O/c1-22(2)12-4-10-20-11-9-19(25)21-17-5-7-18(8-6-17)24-15-13-23(3)14-16-24/h5-8,20H,4,9-16H2,1-3H3,(H,21,25). The summed E-state index contributed by atoms with van der Waals surface area (Å²) >= 11 is 0. The van der Waals surface area contributed by atoms with Gasteiger partial charge in [0.2, 0.25) is 5.91 Å². The highest BCUT2D eigenvalue weighted by atomic mass is 16.1. The van der Waals surface area contributed by atoms with E-state index in [1.807, 2.05) is 12.1 Å². The maximum absolute atomic E-state index is 12.0. The van der Waals surface area contributed by atoms with E-state index in [9.17, 15) is 4.79 Å². The van der Waals surface area contributed by atoms with E-state index in [1.54, 1.807) is 0 Å². The van der Waals surface area contributed by atoms with Crippen molar-refractivity contribution in [3.63, 3.8) is 0 Å². The van der Waals surface area contributed by atoms with E-state index < -0.39 is 0 Å². The van der Waals surface area contributed by atoms with Gasteiger partial charge in [-0.05, 0) is 64.9 Å². The third kappa shape index (κ3) is 7.42. The predicted octanol–water partition coefficient (Wildman–Crippen LogP) is 1.31. The molecule has 0 saturated carbocycles. The highest BCUT2D eigenvalue weighted by Gasteiger charge is 2.14. The Morgan fingerprint density at radius 2 is 1.76 bits per heavy atom. The molecule has 2 rings (SSSR count). The van der Waals surface area contributed by atoms with Crippen LogP contribution in [0.5, 0.6) is 0 Å². The zero-order valence-electron chi connectivity index (χ0n) is 15.9. The van der Waals surface area contributed by atoms with Gasteiger partial charge >= 0.3 is 0 Å². The van der Waals surface area contributed by atoms with Crippen molar-refractivity contribution in [1.29, 1.82) is 0 Å². The van der Waals surface area contributed by atoms with E-state index in [4.69, 9.17) is 0 Å². The normalized spacial score (nSPS) is 15.6. The van der Waals surface area contributed by atoms with Gasteiger partial charge in [0.15, 0.2) is 0 Å². The SMILES string of the molecule is CN(C)CCCNCCC(=O)Nc1ccc(N2CCN(C)CC2)cc1. The van der Waals surface area contributed by atoms with Crippen LogP contribution in [0.4, 0.5) is 11.4 Å². The molecule has 2 N–H and O–H groups in total. The van der Waals surface area contributed by atoms with Gasteiger partial charge in [0.25, 0.3) is 0 Å². The molecule has 0 atom stereocenters. The van der Waals surface area contributed by atoms with Crippen molar-refractivity contribution in [2.45, 2.75) is 12.8 Å². The fourth-order valence-electron chi connectivity index (χ4n) is 2.89. The molecule has 1 aromatic carbocycles. The van der Waals surface area contributed by atoms with Crippen LogP contribution < -0.4 is 15.5 Å². The first-order chi connectivity index (χ1) is 12.0. The predicted molar refractivity (Wildman–Crippen MR) is 105 cm³/mol. The summed E-state index contributed by atoms with van der Waals surface area (Å²) in [5, 5.41) is 6.29. The second-order valence-electron chi connectivity index (χ2n) is 7.04. The molecule has 6 nitrogen and oxygen atoms in total. The molecule has 0 unspecified atom stereocenters. The van der Waals surface area contributed by atoms with E-state index in [0.717, 1.165) is 57.9 Å². The van der Waals surface area contributed by atoms with Gasteiger partial charge in [-0.25, -0.2) is 0 Å². The molecule has 6 heteroatoms. The zero-order chi connectivity index (χ0) is 18.1. The van der Waals surface area contributed by atoms with Crippen molar-refractivity contribution >= 4 is 17.3 Å². The first-order valence-corrected chi connectivity index (χ1v) is 9.23. The summed E-state index contributed by atoms with van der Waals surface area (Å²) in [5.41, 5.74) is 2.10. The number of nitrogens with zero attached hydrogens (tertiary/aromatic N) is 3. The Hall–Kier alpha value is -1.63. The van der Waals surface area contributed by atoms with Crippen LogP contribution >= 0.6 is 0 Å². The monoisotopic (exact) mass is 347 g/mol. The Balaban J connectivity index is 1.65. The minimum atomic E-state index is 0.0625. The molecule has 140 valence electrons. The van der Waals surface area contributed by atoms with Crippen molar-refractivity contribution in [3.8, 4) is 0 Å². The Kier molecular flexibility index (Phi) is 8.18. The third-order valence-corrected chi connectivity index (χ3v) is 4.51. The summed E-state index contributed by atoms with van der Waals surface area (Å²) in [4.78, 5) is 18.9. The van der Waals surface area contributed by atoms with Gasteiger partial charge in [0.1, 0.15) is 0 Å². The van der Waals surface area contributed by atoms with Crippen molar-refractivity contribution in [2.75, 3.05) is 77.2 Å². The van der Waals surface area contributed by atoms with Crippen LogP contribution in [0.3, 0.4) is 0 Å². The molecule has 1 aliphatic rings. The van der Waals surface area contributed by atoms with E-state index in [1.165, 1.54) is 5.69 Å². The number of nitrogens with one attached hydrogen (secondary N) is 2. The number of hydrogen-bond acceptors (Lipinski definition) is 5. The highest BCUT2D eigenvalue weighted by molar-refractivity contribution is 5.91. The number of amides is 1. The molecule has 1 saturated heterocycles. The molecule has 0 aliphatic carbocycles. The molecule has 1 heterocycles. The average Bonchev–Trinajstić information content (AvgIpc) is 2.59. The summed E-state index contributed by atoms with van der Waals surface area (Å²) < 4.78 is 0. The molecule has 25 heavy (non-hydrogen) atoms. The lowest BCUT2D eigenvalue weighted by Crippen LogP contribution is -2.44. The molecule has 0 bridgehead atoms. The number of carbonyl (C=O) groups is 1. The number of benzene rings is 1. The number of rotatable bonds is 9. The van der Waals surface area contributed by atoms with Gasteiger partial charge in [-0.15, -0.1) is 0 Å². The molecule has 1 aromatic rings. The van der Waals surface area contributed by atoms with Crippen LogP contribution in [0, 0.1) is 0 Å².